The first-order valence-corrected chi connectivity index (χ1v) is 9.27. The molecule has 6 atom stereocenters. The highest BCUT2D eigenvalue weighted by molar-refractivity contribution is 5.76. The lowest BCUT2D eigenvalue weighted by Gasteiger charge is -2.65. The molecular formula is C20H28O4. The molecular weight excluding hydrogens is 304 g/mol. The van der Waals surface area contributed by atoms with E-state index in [4.69, 9.17) is 4.42 Å². The number of hydrogen-bond acceptors (Lipinski definition) is 3. The van der Waals surface area contributed by atoms with E-state index in [-0.39, 0.29) is 11.3 Å². The van der Waals surface area contributed by atoms with Gasteiger partial charge in [0.05, 0.1) is 17.3 Å². The molecule has 2 N–H and O–H groups in total. The second kappa shape index (κ2) is 4.87. The molecule has 3 aliphatic rings. The third kappa shape index (κ3) is 1.70. The number of fused-ring (bicyclic) bond motifs is 4. The molecule has 4 nitrogen and oxygen atoms in total. The molecule has 1 aromatic heterocycles. The molecule has 3 aliphatic carbocycles. The summed E-state index contributed by atoms with van der Waals surface area (Å²) in [6.07, 6.45) is 6.41. The van der Waals surface area contributed by atoms with Gasteiger partial charge in [-0.2, -0.15) is 0 Å². The standard InChI is InChI=1S/C20H28O4/c1-12-13-5-9-20(23)18(2,7-4-8-19(20,3)17(21)22)15(13)11-16-14(12)6-10-24-16/h6,10,12-13,15,23H,4-5,7-9,11H2,1-3H3,(H,21,22). The molecule has 4 heteroatoms. The number of carboxylic acid groups (broad SMARTS) is 1. The number of aliphatic carboxylic acids is 1. The van der Waals surface area contributed by atoms with Crippen molar-refractivity contribution in [3.05, 3.63) is 23.7 Å². The van der Waals surface area contributed by atoms with Crippen molar-refractivity contribution in [3.8, 4) is 0 Å². The van der Waals surface area contributed by atoms with E-state index in [1.165, 1.54) is 5.56 Å². The SMILES string of the molecule is CC1c2ccoc2CC2C1CCC1(O)C(C)(C(=O)O)CCCC21C. The Balaban J connectivity index is 1.82. The van der Waals surface area contributed by atoms with Crippen LogP contribution in [-0.2, 0) is 11.2 Å². The maximum atomic E-state index is 12.1. The number of carboxylic acids is 1. The van der Waals surface area contributed by atoms with E-state index in [2.05, 4.69) is 19.9 Å². The Morgan fingerprint density at radius 2 is 2.04 bits per heavy atom. The van der Waals surface area contributed by atoms with Crippen LogP contribution in [0.5, 0.6) is 0 Å². The average Bonchev–Trinajstić information content (AvgIpc) is 2.99. The lowest BCUT2D eigenvalue weighted by Crippen LogP contribution is -2.69. The van der Waals surface area contributed by atoms with Gasteiger partial charge in [0.1, 0.15) is 5.76 Å². The fourth-order valence-electron chi connectivity index (χ4n) is 6.57. The van der Waals surface area contributed by atoms with Crippen LogP contribution < -0.4 is 0 Å². The van der Waals surface area contributed by atoms with Crippen LogP contribution in [-0.4, -0.2) is 21.8 Å². The molecule has 0 radical (unpaired) electrons. The third-order valence-electron chi connectivity index (χ3n) is 8.20. The van der Waals surface area contributed by atoms with E-state index in [0.717, 1.165) is 31.4 Å². The Hall–Kier alpha value is -1.29. The van der Waals surface area contributed by atoms with Crippen LogP contribution >= 0.6 is 0 Å². The van der Waals surface area contributed by atoms with Crippen molar-refractivity contribution in [2.24, 2.45) is 22.7 Å². The molecule has 0 aromatic carbocycles. The largest absolute Gasteiger partial charge is 0.481 e. The first-order chi connectivity index (χ1) is 11.2. The van der Waals surface area contributed by atoms with Crippen LogP contribution in [0.4, 0.5) is 0 Å². The highest BCUT2D eigenvalue weighted by atomic mass is 16.4. The highest BCUT2D eigenvalue weighted by Gasteiger charge is 2.68. The third-order valence-corrected chi connectivity index (χ3v) is 8.20. The molecule has 4 rings (SSSR count). The molecule has 0 bridgehead atoms. The molecule has 2 saturated carbocycles. The number of rotatable bonds is 1. The minimum atomic E-state index is -1.14. The monoisotopic (exact) mass is 332 g/mol. The van der Waals surface area contributed by atoms with Gasteiger partial charge in [-0.15, -0.1) is 0 Å². The lowest BCUT2D eigenvalue weighted by molar-refractivity contribution is -0.247. The molecule has 0 amide bonds. The maximum Gasteiger partial charge on any atom is 0.312 e. The van der Waals surface area contributed by atoms with Gasteiger partial charge in [0.25, 0.3) is 0 Å². The summed E-state index contributed by atoms with van der Waals surface area (Å²) < 4.78 is 5.73. The van der Waals surface area contributed by atoms with Gasteiger partial charge in [0.15, 0.2) is 0 Å². The van der Waals surface area contributed by atoms with Crippen molar-refractivity contribution in [1.29, 1.82) is 0 Å². The van der Waals surface area contributed by atoms with Crippen molar-refractivity contribution >= 4 is 5.97 Å². The van der Waals surface area contributed by atoms with Gasteiger partial charge in [-0.3, -0.25) is 4.79 Å². The first-order valence-electron chi connectivity index (χ1n) is 9.27. The summed E-state index contributed by atoms with van der Waals surface area (Å²) in [7, 11) is 0. The van der Waals surface area contributed by atoms with Gasteiger partial charge < -0.3 is 14.6 Å². The summed E-state index contributed by atoms with van der Waals surface area (Å²) in [5.74, 6) is 1.38. The summed E-state index contributed by atoms with van der Waals surface area (Å²) in [6.45, 7) is 6.17. The van der Waals surface area contributed by atoms with Crippen molar-refractivity contribution in [3.63, 3.8) is 0 Å². The second-order valence-corrected chi connectivity index (χ2v) is 8.87. The van der Waals surface area contributed by atoms with Gasteiger partial charge in [0.2, 0.25) is 0 Å². The van der Waals surface area contributed by atoms with Crippen LogP contribution in [0.2, 0.25) is 0 Å². The summed E-state index contributed by atoms with van der Waals surface area (Å²) in [4.78, 5) is 12.1. The second-order valence-electron chi connectivity index (χ2n) is 8.87. The molecule has 0 aliphatic heterocycles. The zero-order valence-corrected chi connectivity index (χ0v) is 14.8. The molecule has 1 aromatic rings. The Bertz CT molecular complexity index is 679. The Morgan fingerprint density at radius 1 is 1.29 bits per heavy atom. The topological polar surface area (TPSA) is 70.7 Å². The predicted octanol–water partition coefficient (Wildman–Crippen LogP) is 3.98. The first kappa shape index (κ1) is 16.2. The van der Waals surface area contributed by atoms with E-state index in [1.54, 1.807) is 13.2 Å². The molecule has 24 heavy (non-hydrogen) atoms. The van der Waals surface area contributed by atoms with E-state index in [1.807, 2.05) is 0 Å². The Morgan fingerprint density at radius 3 is 2.75 bits per heavy atom. The molecule has 2 fully saturated rings. The number of carbonyl (C=O) groups is 1. The normalized spacial score (nSPS) is 47.4. The van der Waals surface area contributed by atoms with Crippen molar-refractivity contribution < 1.29 is 19.4 Å². The number of hydrogen-bond donors (Lipinski definition) is 2. The maximum absolute atomic E-state index is 12.1. The summed E-state index contributed by atoms with van der Waals surface area (Å²) in [6, 6.07) is 2.08. The van der Waals surface area contributed by atoms with Gasteiger partial charge in [-0.1, -0.05) is 20.3 Å². The van der Waals surface area contributed by atoms with E-state index in [0.29, 0.717) is 24.7 Å². The van der Waals surface area contributed by atoms with Crippen LogP contribution in [0.3, 0.4) is 0 Å². The minimum Gasteiger partial charge on any atom is -0.481 e. The van der Waals surface area contributed by atoms with Crippen LogP contribution in [0, 0.1) is 22.7 Å². The predicted molar refractivity (Wildman–Crippen MR) is 89.7 cm³/mol. The fraction of sp³-hybridized carbons (Fsp3) is 0.750. The Labute approximate surface area is 143 Å². The summed E-state index contributed by atoms with van der Waals surface area (Å²) in [5, 5.41) is 21.7. The molecule has 0 spiro atoms. The molecule has 6 unspecified atom stereocenters. The van der Waals surface area contributed by atoms with E-state index >= 15 is 0 Å². The smallest absolute Gasteiger partial charge is 0.312 e. The van der Waals surface area contributed by atoms with Crippen LogP contribution in [0.15, 0.2) is 16.7 Å². The quantitative estimate of drug-likeness (QED) is 0.816. The van der Waals surface area contributed by atoms with Gasteiger partial charge in [-0.05, 0) is 62.0 Å². The van der Waals surface area contributed by atoms with Crippen LogP contribution in [0.1, 0.15) is 70.1 Å². The van der Waals surface area contributed by atoms with Crippen molar-refractivity contribution in [2.75, 3.05) is 0 Å². The Kier molecular flexibility index (Phi) is 3.29. The fourth-order valence-corrected chi connectivity index (χ4v) is 6.57. The number of furan rings is 1. The zero-order chi connectivity index (χ0) is 17.3. The van der Waals surface area contributed by atoms with Gasteiger partial charge >= 0.3 is 5.97 Å². The molecule has 0 saturated heterocycles. The summed E-state index contributed by atoms with van der Waals surface area (Å²) in [5.41, 5.74) is -1.27. The van der Waals surface area contributed by atoms with Gasteiger partial charge in [-0.25, -0.2) is 0 Å². The van der Waals surface area contributed by atoms with Gasteiger partial charge in [0, 0.05) is 11.8 Å². The van der Waals surface area contributed by atoms with Crippen LogP contribution in [0.25, 0.3) is 0 Å². The number of aliphatic hydroxyl groups is 1. The summed E-state index contributed by atoms with van der Waals surface area (Å²) >= 11 is 0. The molecule has 1 heterocycles. The van der Waals surface area contributed by atoms with Crippen molar-refractivity contribution in [2.45, 2.75) is 70.8 Å². The average molecular weight is 332 g/mol. The van der Waals surface area contributed by atoms with E-state index in [9.17, 15) is 15.0 Å². The van der Waals surface area contributed by atoms with E-state index < -0.39 is 17.0 Å². The van der Waals surface area contributed by atoms with Crippen molar-refractivity contribution in [1.82, 2.24) is 0 Å². The lowest BCUT2D eigenvalue weighted by atomic mass is 9.41. The zero-order valence-electron chi connectivity index (χ0n) is 14.8. The minimum absolute atomic E-state index is 0.281. The highest BCUT2D eigenvalue weighted by Crippen LogP contribution is 2.66. The molecule has 132 valence electrons.